The van der Waals surface area contributed by atoms with Crippen LogP contribution in [0.15, 0.2) is 97.1 Å². The number of nitrogens with zero attached hydrogens (tertiary/aromatic N) is 2. The Kier molecular flexibility index (Phi) is 8.21. The monoisotopic (exact) mass is 659 g/mol. The molecule has 0 aromatic heterocycles. The quantitative estimate of drug-likeness (QED) is 0.159. The number of hydrogen-bond acceptors (Lipinski definition) is 4. The minimum absolute atomic E-state index is 0.0492. The Morgan fingerprint density at radius 1 is 0.480 bits per heavy atom. The second-order valence-electron chi connectivity index (χ2n) is 15.4. The van der Waals surface area contributed by atoms with Crippen LogP contribution in [0.3, 0.4) is 0 Å². The minimum atomic E-state index is 0.0492. The predicted molar refractivity (Wildman–Crippen MR) is 210 cm³/mol. The molecule has 3 aliphatic rings. The number of benzene rings is 5. The summed E-state index contributed by atoms with van der Waals surface area (Å²) in [4.78, 5) is 5.23. The normalized spacial score (nSPS) is 15.1. The largest absolute Gasteiger partial charge is 0.458 e. The van der Waals surface area contributed by atoms with E-state index in [0.717, 1.165) is 47.1 Å². The van der Waals surface area contributed by atoms with Crippen molar-refractivity contribution in [2.75, 3.05) is 22.9 Å². The molecule has 0 spiro atoms. The molecule has 1 saturated heterocycles. The highest BCUT2D eigenvalue weighted by Crippen LogP contribution is 2.48. The molecule has 0 unspecified atom stereocenters. The highest BCUT2D eigenvalue weighted by atomic mass is 16.5. The van der Waals surface area contributed by atoms with E-state index in [9.17, 15) is 0 Å². The van der Waals surface area contributed by atoms with Crippen LogP contribution in [0.5, 0.6) is 23.0 Å². The van der Waals surface area contributed by atoms with Crippen LogP contribution in [0.25, 0.3) is 0 Å². The maximum Gasteiger partial charge on any atom is 0.260 e. The third-order valence-corrected chi connectivity index (χ3v) is 10.8. The summed E-state index contributed by atoms with van der Waals surface area (Å²) in [5.74, 6) is 5.06. The van der Waals surface area contributed by atoms with Crippen molar-refractivity contribution in [3.05, 3.63) is 131 Å². The van der Waals surface area contributed by atoms with Crippen molar-refractivity contribution >= 4 is 34.5 Å². The van der Waals surface area contributed by atoms with Crippen molar-refractivity contribution < 1.29 is 9.47 Å². The lowest BCUT2D eigenvalue weighted by atomic mass is 9.35. The Morgan fingerprint density at radius 2 is 0.860 bits per heavy atom. The van der Waals surface area contributed by atoms with Gasteiger partial charge < -0.3 is 19.3 Å². The van der Waals surface area contributed by atoms with Gasteiger partial charge in [0.2, 0.25) is 0 Å². The molecule has 8 rings (SSSR count). The Morgan fingerprint density at radius 3 is 1.24 bits per heavy atom. The van der Waals surface area contributed by atoms with Crippen LogP contribution in [0.4, 0.5) is 11.4 Å². The molecular formula is C45H48BN2O2. The number of fused-ring (bicyclic) bond motifs is 4. The fourth-order valence-corrected chi connectivity index (χ4v) is 8.47. The van der Waals surface area contributed by atoms with Gasteiger partial charge in [0.25, 0.3) is 6.71 Å². The maximum atomic E-state index is 6.84. The van der Waals surface area contributed by atoms with Gasteiger partial charge in [0.15, 0.2) is 6.17 Å². The van der Waals surface area contributed by atoms with E-state index in [1.54, 1.807) is 0 Å². The summed E-state index contributed by atoms with van der Waals surface area (Å²) < 4.78 is 13.7. The molecule has 0 bridgehead atoms. The summed E-state index contributed by atoms with van der Waals surface area (Å²) in [5, 5.41) is 0. The van der Waals surface area contributed by atoms with E-state index >= 15 is 0 Å². The first-order valence-electron chi connectivity index (χ1n) is 18.5. The van der Waals surface area contributed by atoms with Crippen LogP contribution in [0.1, 0.15) is 107 Å². The van der Waals surface area contributed by atoms with Crippen LogP contribution < -0.4 is 35.7 Å². The molecule has 3 aliphatic heterocycles. The van der Waals surface area contributed by atoms with Crippen molar-refractivity contribution in [1.82, 2.24) is 0 Å². The first kappa shape index (κ1) is 32.6. The molecule has 253 valence electrons. The third-order valence-electron chi connectivity index (χ3n) is 10.8. The number of rotatable bonds is 7. The summed E-state index contributed by atoms with van der Waals surface area (Å²) in [6.07, 6.45) is 1.19. The third kappa shape index (κ3) is 5.20. The smallest absolute Gasteiger partial charge is 0.260 e. The molecule has 50 heavy (non-hydrogen) atoms. The van der Waals surface area contributed by atoms with Crippen LogP contribution >= 0.6 is 0 Å². The first-order chi connectivity index (χ1) is 24.1. The van der Waals surface area contributed by atoms with Crippen molar-refractivity contribution in [3.8, 4) is 23.0 Å². The zero-order chi connectivity index (χ0) is 34.8. The van der Waals surface area contributed by atoms with Gasteiger partial charge in [-0.2, -0.15) is 0 Å². The molecule has 0 saturated carbocycles. The van der Waals surface area contributed by atoms with Gasteiger partial charge in [-0.15, -0.1) is 0 Å². The van der Waals surface area contributed by atoms with E-state index < -0.39 is 0 Å². The first-order valence-corrected chi connectivity index (χ1v) is 18.5. The van der Waals surface area contributed by atoms with E-state index in [0.29, 0.717) is 23.7 Å². The predicted octanol–water partition coefficient (Wildman–Crippen LogP) is 9.77. The van der Waals surface area contributed by atoms with E-state index in [1.165, 1.54) is 50.7 Å². The van der Waals surface area contributed by atoms with E-state index in [4.69, 9.17) is 9.47 Å². The molecule has 1 fully saturated rings. The molecule has 1 radical (unpaired) electrons. The van der Waals surface area contributed by atoms with Gasteiger partial charge in [0.1, 0.15) is 23.0 Å². The van der Waals surface area contributed by atoms with Gasteiger partial charge in [-0.05, 0) is 81.1 Å². The zero-order valence-electron chi connectivity index (χ0n) is 30.7. The van der Waals surface area contributed by atoms with Gasteiger partial charge in [-0.1, -0.05) is 128 Å². The lowest BCUT2D eigenvalue weighted by Crippen LogP contribution is -2.57. The van der Waals surface area contributed by atoms with Gasteiger partial charge in [0.05, 0.1) is 0 Å². The topological polar surface area (TPSA) is 24.9 Å². The van der Waals surface area contributed by atoms with Crippen molar-refractivity contribution in [2.45, 2.75) is 79.1 Å². The second-order valence-corrected chi connectivity index (χ2v) is 15.4. The average molecular weight is 660 g/mol. The summed E-state index contributed by atoms with van der Waals surface area (Å²) in [6, 6.07) is 35.3. The molecule has 5 aromatic carbocycles. The summed E-state index contributed by atoms with van der Waals surface area (Å²) in [7, 11) is 0. The Labute approximate surface area is 299 Å². The minimum Gasteiger partial charge on any atom is -0.458 e. The lowest BCUT2D eigenvalue weighted by molar-refractivity contribution is 0.463. The van der Waals surface area contributed by atoms with E-state index in [-0.39, 0.29) is 6.71 Å². The Hall–Kier alpha value is -4.64. The highest BCUT2D eigenvalue weighted by molar-refractivity contribution is 6.98. The second kappa shape index (κ2) is 12.6. The van der Waals surface area contributed by atoms with Crippen molar-refractivity contribution in [2.24, 2.45) is 0 Å². The van der Waals surface area contributed by atoms with Crippen molar-refractivity contribution in [3.63, 3.8) is 0 Å². The maximum absolute atomic E-state index is 6.84. The van der Waals surface area contributed by atoms with Gasteiger partial charge in [-0.25, -0.2) is 0 Å². The van der Waals surface area contributed by atoms with Crippen LogP contribution in [0, 0.1) is 6.17 Å². The molecule has 3 heterocycles. The number of hydrogen-bond donors (Lipinski definition) is 0. The fraction of sp³-hybridized carbons (Fsp3) is 0.311. The van der Waals surface area contributed by atoms with Crippen LogP contribution in [-0.2, 0) is 0 Å². The fourth-order valence-electron chi connectivity index (χ4n) is 8.47. The molecule has 0 aliphatic carbocycles. The van der Waals surface area contributed by atoms with E-state index in [1.807, 2.05) is 0 Å². The summed E-state index contributed by atoms with van der Waals surface area (Å²) in [5.41, 5.74) is 12.8. The zero-order valence-corrected chi connectivity index (χ0v) is 30.7. The standard InChI is InChI=1S/C45H48BN2O2/c1-27(2)32-15-13-16-33(28(3)4)43(32)47-23-24-48(44-34(29(5)6)17-14-18-35(44)30(7)8)45(47)31-25-40-42-41(26-31)50-39-22-12-10-20-37(39)46(42)36-19-9-11-21-38(36)49-40/h9-22,25-30H,23-24H2,1-8H3. The Balaban J connectivity index is 1.39. The van der Waals surface area contributed by atoms with Crippen LogP contribution in [0.2, 0.25) is 0 Å². The van der Waals surface area contributed by atoms with Gasteiger partial charge in [-0.3, -0.25) is 0 Å². The molecule has 0 atom stereocenters. The van der Waals surface area contributed by atoms with Gasteiger partial charge in [0, 0.05) is 35.5 Å². The highest BCUT2D eigenvalue weighted by Gasteiger charge is 2.44. The molecule has 0 N–H and O–H groups in total. The van der Waals surface area contributed by atoms with Crippen molar-refractivity contribution in [1.29, 1.82) is 0 Å². The number of ether oxygens (including phenoxy) is 2. The molecule has 5 aromatic rings. The number of para-hydroxylation sites is 4. The van der Waals surface area contributed by atoms with E-state index in [2.05, 4.69) is 162 Å². The SMILES string of the molecule is CC(C)c1cccc(C(C)C)c1N1CCN(c2c(C(C)C)cccc2C(C)C)[C]1c1cc2c3c(c1)Oc1ccccc1B3c1ccccc1O2. The molecule has 5 heteroatoms. The molecular weight excluding hydrogens is 611 g/mol. The van der Waals surface area contributed by atoms with Gasteiger partial charge >= 0.3 is 0 Å². The van der Waals surface area contributed by atoms with Crippen LogP contribution in [-0.4, -0.2) is 19.8 Å². The summed E-state index contributed by atoms with van der Waals surface area (Å²) >= 11 is 0. The lowest BCUT2D eigenvalue weighted by Gasteiger charge is -2.39. The average Bonchev–Trinajstić information content (AvgIpc) is 3.55. The summed E-state index contributed by atoms with van der Waals surface area (Å²) in [6.45, 7) is 20.4. The molecule has 0 amide bonds. The number of anilines is 2. The molecule has 4 nitrogen and oxygen atoms in total. The Bertz CT molecular complexity index is 1890.